The van der Waals surface area contributed by atoms with Gasteiger partial charge in [-0.25, -0.2) is 0 Å². The number of carbonyl (C=O) groups is 1. The average Bonchev–Trinajstić information content (AvgIpc) is 2.41. The Morgan fingerprint density at radius 3 is 2.40 bits per heavy atom. The summed E-state index contributed by atoms with van der Waals surface area (Å²) in [5.74, 6) is -0.222. The summed E-state index contributed by atoms with van der Waals surface area (Å²) in [6, 6.07) is 11.6. The molecule has 2 rings (SSSR count). The van der Waals surface area contributed by atoms with Crippen LogP contribution < -0.4 is 5.32 Å². The molecular formula is C15H14N2O3. The SMILES string of the molecule is Cc1cc([N+](=O)[O-])ccc1NC(=O)c1ccccc1C. The largest absolute Gasteiger partial charge is 0.322 e. The van der Waals surface area contributed by atoms with Crippen LogP contribution in [0.5, 0.6) is 0 Å². The summed E-state index contributed by atoms with van der Waals surface area (Å²) in [5.41, 5.74) is 2.70. The number of nitrogens with one attached hydrogen (secondary N) is 1. The Balaban J connectivity index is 2.25. The molecule has 1 N–H and O–H groups in total. The summed E-state index contributed by atoms with van der Waals surface area (Å²) in [6.07, 6.45) is 0. The Morgan fingerprint density at radius 1 is 1.10 bits per heavy atom. The summed E-state index contributed by atoms with van der Waals surface area (Å²) in [6.45, 7) is 3.58. The van der Waals surface area contributed by atoms with Crippen molar-refractivity contribution in [1.82, 2.24) is 0 Å². The lowest BCUT2D eigenvalue weighted by molar-refractivity contribution is -0.384. The third-order valence-electron chi connectivity index (χ3n) is 3.06. The number of hydrogen-bond donors (Lipinski definition) is 1. The quantitative estimate of drug-likeness (QED) is 0.685. The van der Waals surface area contributed by atoms with Gasteiger partial charge in [0.15, 0.2) is 0 Å². The highest BCUT2D eigenvalue weighted by molar-refractivity contribution is 6.05. The van der Waals surface area contributed by atoms with Crippen LogP contribution in [0.2, 0.25) is 0 Å². The normalized spacial score (nSPS) is 10.1. The van der Waals surface area contributed by atoms with Crippen LogP contribution >= 0.6 is 0 Å². The third-order valence-corrected chi connectivity index (χ3v) is 3.06. The number of nitro groups is 1. The highest BCUT2D eigenvalue weighted by Crippen LogP contribution is 2.22. The van der Waals surface area contributed by atoms with Crippen molar-refractivity contribution < 1.29 is 9.72 Å². The van der Waals surface area contributed by atoms with E-state index in [0.717, 1.165) is 5.56 Å². The fourth-order valence-corrected chi connectivity index (χ4v) is 1.92. The molecule has 0 saturated heterocycles. The van der Waals surface area contributed by atoms with E-state index in [0.29, 0.717) is 16.8 Å². The molecule has 2 aromatic carbocycles. The molecule has 0 radical (unpaired) electrons. The number of carbonyl (C=O) groups excluding carboxylic acids is 1. The molecule has 0 heterocycles. The molecule has 102 valence electrons. The molecule has 0 aromatic heterocycles. The molecule has 20 heavy (non-hydrogen) atoms. The van der Waals surface area contributed by atoms with Crippen molar-refractivity contribution in [3.05, 3.63) is 69.3 Å². The van der Waals surface area contributed by atoms with Crippen LogP contribution in [-0.2, 0) is 0 Å². The predicted octanol–water partition coefficient (Wildman–Crippen LogP) is 3.46. The number of amides is 1. The van der Waals surface area contributed by atoms with Gasteiger partial charge in [0.05, 0.1) is 4.92 Å². The monoisotopic (exact) mass is 270 g/mol. The first-order valence-corrected chi connectivity index (χ1v) is 6.11. The second-order valence-electron chi connectivity index (χ2n) is 4.53. The second-order valence-corrected chi connectivity index (χ2v) is 4.53. The van der Waals surface area contributed by atoms with Gasteiger partial charge in [-0.05, 0) is 37.1 Å². The van der Waals surface area contributed by atoms with E-state index in [1.165, 1.54) is 12.1 Å². The number of aryl methyl sites for hydroxylation is 2. The lowest BCUT2D eigenvalue weighted by atomic mass is 10.1. The minimum absolute atomic E-state index is 0.0105. The first-order chi connectivity index (χ1) is 9.49. The van der Waals surface area contributed by atoms with Crippen molar-refractivity contribution in [2.24, 2.45) is 0 Å². The van der Waals surface area contributed by atoms with Crippen LogP contribution in [0.25, 0.3) is 0 Å². The molecule has 0 aliphatic heterocycles. The van der Waals surface area contributed by atoms with E-state index in [9.17, 15) is 14.9 Å². The summed E-state index contributed by atoms with van der Waals surface area (Å²) >= 11 is 0. The number of hydrogen-bond acceptors (Lipinski definition) is 3. The highest BCUT2D eigenvalue weighted by atomic mass is 16.6. The number of non-ortho nitro benzene ring substituents is 1. The van der Waals surface area contributed by atoms with Gasteiger partial charge in [0.25, 0.3) is 11.6 Å². The maximum atomic E-state index is 12.2. The first-order valence-electron chi connectivity index (χ1n) is 6.11. The summed E-state index contributed by atoms with van der Waals surface area (Å²) in [7, 11) is 0. The molecule has 0 spiro atoms. The van der Waals surface area contributed by atoms with Gasteiger partial charge in [-0.3, -0.25) is 14.9 Å². The van der Waals surface area contributed by atoms with Crippen LogP contribution in [0, 0.1) is 24.0 Å². The minimum Gasteiger partial charge on any atom is -0.322 e. The van der Waals surface area contributed by atoms with Gasteiger partial charge in [-0.1, -0.05) is 18.2 Å². The lowest BCUT2D eigenvalue weighted by Crippen LogP contribution is -2.14. The Kier molecular flexibility index (Phi) is 3.79. The Labute approximate surface area is 116 Å². The van der Waals surface area contributed by atoms with E-state index < -0.39 is 4.92 Å². The van der Waals surface area contributed by atoms with E-state index in [1.54, 1.807) is 25.1 Å². The van der Waals surface area contributed by atoms with Crippen LogP contribution in [0.1, 0.15) is 21.5 Å². The van der Waals surface area contributed by atoms with Gasteiger partial charge in [0, 0.05) is 23.4 Å². The van der Waals surface area contributed by atoms with Gasteiger partial charge in [0.2, 0.25) is 0 Å². The summed E-state index contributed by atoms with van der Waals surface area (Å²) < 4.78 is 0. The van der Waals surface area contributed by atoms with Crippen LogP contribution in [0.15, 0.2) is 42.5 Å². The molecule has 5 nitrogen and oxygen atoms in total. The standard InChI is InChI=1S/C15H14N2O3/c1-10-5-3-4-6-13(10)15(18)16-14-8-7-12(17(19)20)9-11(14)2/h3-9H,1-2H3,(H,16,18). The van der Waals surface area contributed by atoms with Gasteiger partial charge < -0.3 is 5.32 Å². The molecule has 0 saturated carbocycles. The van der Waals surface area contributed by atoms with Gasteiger partial charge in [0.1, 0.15) is 0 Å². The molecule has 0 bridgehead atoms. The number of nitro benzene ring substituents is 1. The zero-order chi connectivity index (χ0) is 14.7. The summed E-state index contributed by atoms with van der Waals surface area (Å²) in [5, 5.41) is 13.4. The lowest BCUT2D eigenvalue weighted by Gasteiger charge is -2.09. The highest BCUT2D eigenvalue weighted by Gasteiger charge is 2.12. The Morgan fingerprint density at radius 2 is 1.80 bits per heavy atom. The zero-order valence-electron chi connectivity index (χ0n) is 11.2. The third kappa shape index (κ3) is 2.83. The van der Waals surface area contributed by atoms with E-state index in [1.807, 2.05) is 19.1 Å². The maximum Gasteiger partial charge on any atom is 0.269 e. The number of rotatable bonds is 3. The van der Waals surface area contributed by atoms with Crippen molar-refractivity contribution >= 4 is 17.3 Å². The zero-order valence-corrected chi connectivity index (χ0v) is 11.2. The van der Waals surface area contributed by atoms with Crippen molar-refractivity contribution in [3.8, 4) is 0 Å². The van der Waals surface area contributed by atoms with Gasteiger partial charge >= 0.3 is 0 Å². The van der Waals surface area contributed by atoms with E-state index in [2.05, 4.69) is 5.32 Å². The smallest absolute Gasteiger partial charge is 0.269 e. The second kappa shape index (κ2) is 5.52. The topological polar surface area (TPSA) is 72.2 Å². The summed E-state index contributed by atoms with van der Waals surface area (Å²) in [4.78, 5) is 22.4. The molecule has 5 heteroatoms. The van der Waals surface area contributed by atoms with Crippen molar-refractivity contribution in [3.63, 3.8) is 0 Å². The van der Waals surface area contributed by atoms with Crippen LogP contribution in [-0.4, -0.2) is 10.8 Å². The number of nitrogens with zero attached hydrogens (tertiary/aromatic N) is 1. The van der Waals surface area contributed by atoms with E-state index in [4.69, 9.17) is 0 Å². The van der Waals surface area contributed by atoms with Crippen molar-refractivity contribution in [2.45, 2.75) is 13.8 Å². The maximum absolute atomic E-state index is 12.2. The van der Waals surface area contributed by atoms with E-state index in [-0.39, 0.29) is 11.6 Å². The molecule has 0 aliphatic rings. The van der Waals surface area contributed by atoms with Crippen LogP contribution in [0.3, 0.4) is 0 Å². The molecule has 0 atom stereocenters. The molecule has 2 aromatic rings. The van der Waals surface area contributed by atoms with Crippen molar-refractivity contribution in [2.75, 3.05) is 5.32 Å². The molecule has 0 unspecified atom stereocenters. The Bertz CT molecular complexity index is 681. The molecular weight excluding hydrogens is 256 g/mol. The molecule has 0 fully saturated rings. The Hall–Kier alpha value is -2.69. The van der Waals surface area contributed by atoms with Crippen molar-refractivity contribution in [1.29, 1.82) is 0 Å². The minimum atomic E-state index is -0.458. The predicted molar refractivity (Wildman–Crippen MR) is 77.0 cm³/mol. The average molecular weight is 270 g/mol. The fourth-order valence-electron chi connectivity index (χ4n) is 1.92. The first kappa shape index (κ1) is 13.7. The molecule has 0 aliphatic carbocycles. The molecule has 1 amide bonds. The van der Waals surface area contributed by atoms with E-state index >= 15 is 0 Å². The van der Waals surface area contributed by atoms with Gasteiger partial charge in [-0.2, -0.15) is 0 Å². The number of anilines is 1. The van der Waals surface area contributed by atoms with Gasteiger partial charge in [-0.15, -0.1) is 0 Å². The fraction of sp³-hybridized carbons (Fsp3) is 0.133. The van der Waals surface area contributed by atoms with Crippen LogP contribution in [0.4, 0.5) is 11.4 Å². The number of benzene rings is 2.